The fraction of sp³-hybridized carbons (Fsp3) is 0.583. The molecule has 2 rings (SSSR count). The maximum absolute atomic E-state index is 10.9. The molecule has 2 heterocycles. The van der Waals surface area contributed by atoms with Gasteiger partial charge in [0.25, 0.3) is 0 Å². The second-order valence-electron chi connectivity index (χ2n) is 4.62. The van der Waals surface area contributed by atoms with Crippen LogP contribution >= 0.6 is 0 Å². The van der Waals surface area contributed by atoms with E-state index in [1.54, 1.807) is 20.1 Å². The summed E-state index contributed by atoms with van der Waals surface area (Å²) in [4.78, 5) is 14.7. The topological polar surface area (TPSA) is 86.5 Å². The van der Waals surface area contributed by atoms with E-state index in [0.29, 0.717) is 19.8 Å². The first kappa shape index (κ1) is 13.7. The summed E-state index contributed by atoms with van der Waals surface area (Å²) in [5.41, 5.74) is 0.261. The Morgan fingerprint density at radius 3 is 3.00 bits per heavy atom. The van der Waals surface area contributed by atoms with Crippen molar-refractivity contribution >= 4 is 11.5 Å². The molecule has 0 spiro atoms. The summed E-state index contributed by atoms with van der Waals surface area (Å²) >= 11 is 0. The van der Waals surface area contributed by atoms with E-state index in [9.17, 15) is 10.1 Å². The van der Waals surface area contributed by atoms with Crippen molar-refractivity contribution in [2.45, 2.75) is 18.9 Å². The molecule has 1 aliphatic heterocycles. The Labute approximate surface area is 111 Å². The largest absolute Gasteiger partial charge is 0.378 e. The van der Waals surface area contributed by atoms with Gasteiger partial charge in [0.1, 0.15) is 5.60 Å². The molecule has 1 aromatic heterocycles. The van der Waals surface area contributed by atoms with E-state index in [4.69, 9.17) is 9.47 Å². The first-order valence-electron chi connectivity index (χ1n) is 6.05. The smallest absolute Gasteiger partial charge is 0.311 e. The van der Waals surface area contributed by atoms with E-state index in [1.165, 1.54) is 6.07 Å². The van der Waals surface area contributed by atoms with Gasteiger partial charge in [-0.25, -0.2) is 4.98 Å². The molecule has 1 saturated heterocycles. The summed E-state index contributed by atoms with van der Waals surface area (Å²) < 4.78 is 10.8. The van der Waals surface area contributed by atoms with Gasteiger partial charge in [-0.05, 0) is 13.0 Å². The predicted molar refractivity (Wildman–Crippen MR) is 69.3 cm³/mol. The third kappa shape index (κ3) is 2.99. The lowest BCUT2D eigenvalue weighted by atomic mass is 10.0. The van der Waals surface area contributed by atoms with Crippen molar-refractivity contribution < 1.29 is 14.4 Å². The summed E-state index contributed by atoms with van der Waals surface area (Å²) in [6.07, 6.45) is 0.760. The number of hydrogen-bond donors (Lipinski definition) is 1. The van der Waals surface area contributed by atoms with Crippen LogP contribution < -0.4 is 5.32 Å². The maximum atomic E-state index is 10.9. The van der Waals surface area contributed by atoms with E-state index in [2.05, 4.69) is 10.3 Å². The molecule has 1 aliphatic rings. The zero-order chi connectivity index (χ0) is 13.9. The Kier molecular flexibility index (Phi) is 3.96. The molecule has 1 aromatic rings. The van der Waals surface area contributed by atoms with Crippen molar-refractivity contribution in [1.29, 1.82) is 0 Å². The highest BCUT2D eigenvalue weighted by Crippen LogP contribution is 2.26. The van der Waals surface area contributed by atoms with Crippen LogP contribution in [0.5, 0.6) is 0 Å². The van der Waals surface area contributed by atoms with Gasteiger partial charge in [-0.3, -0.25) is 10.1 Å². The molecular weight excluding hydrogens is 250 g/mol. The highest BCUT2D eigenvalue weighted by Gasteiger charge is 2.35. The number of pyridine rings is 1. The number of nitrogens with zero attached hydrogens (tertiary/aromatic N) is 2. The summed E-state index contributed by atoms with van der Waals surface area (Å²) in [5, 5.41) is 14.0. The molecule has 0 aliphatic carbocycles. The van der Waals surface area contributed by atoms with E-state index in [1.807, 2.05) is 0 Å². The molecule has 0 radical (unpaired) electrons. The number of nitrogens with one attached hydrogen (secondary N) is 1. The molecule has 1 N–H and O–H groups in total. The predicted octanol–water partition coefficient (Wildman–Crippen LogP) is 1.52. The quantitative estimate of drug-likeness (QED) is 0.643. The van der Waals surface area contributed by atoms with Crippen LogP contribution in [0.3, 0.4) is 0 Å². The van der Waals surface area contributed by atoms with Crippen LogP contribution in [0.1, 0.15) is 12.1 Å². The number of anilines is 1. The van der Waals surface area contributed by atoms with Crippen LogP contribution in [0.2, 0.25) is 0 Å². The van der Waals surface area contributed by atoms with E-state index in [-0.39, 0.29) is 11.5 Å². The Balaban J connectivity index is 2.14. The van der Waals surface area contributed by atoms with Gasteiger partial charge in [0.2, 0.25) is 5.82 Å². The molecule has 0 bridgehead atoms. The minimum atomic E-state index is -0.445. The van der Waals surface area contributed by atoms with Crippen LogP contribution in [0, 0.1) is 17.0 Å². The lowest BCUT2D eigenvalue weighted by molar-refractivity contribution is -0.384. The van der Waals surface area contributed by atoms with Gasteiger partial charge in [0, 0.05) is 38.4 Å². The molecule has 1 unspecified atom stereocenters. The second-order valence-corrected chi connectivity index (χ2v) is 4.62. The summed E-state index contributed by atoms with van der Waals surface area (Å²) in [7, 11) is 1.62. The highest BCUT2D eigenvalue weighted by atomic mass is 16.6. The fourth-order valence-electron chi connectivity index (χ4n) is 2.03. The fourth-order valence-corrected chi connectivity index (χ4v) is 2.03. The van der Waals surface area contributed by atoms with Crippen LogP contribution in [-0.4, -0.2) is 42.4 Å². The minimum Gasteiger partial charge on any atom is -0.378 e. The normalized spacial score (nSPS) is 22.4. The number of aromatic nitrogens is 1. The number of ether oxygens (including phenoxy) is 2. The van der Waals surface area contributed by atoms with Gasteiger partial charge in [0.15, 0.2) is 0 Å². The molecule has 0 amide bonds. The molecule has 0 aromatic carbocycles. The Morgan fingerprint density at radius 2 is 2.42 bits per heavy atom. The lowest BCUT2D eigenvalue weighted by Gasteiger charge is -2.26. The van der Waals surface area contributed by atoms with Crippen molar-refractivity contribution in [3.8, 4) is 0 Å². The molecule has 104 valence electrons. The molecule has 1 atom stereocenters. The van der Waals surface area contributed by atoms with Crippen molar-refractivity contribution in [3.05, 3.63) is 27.9 Å². The van der Waals surface area contributed by atoms with Crippen LogP contribution in [0.4, 0.5) is 11.5 Å². The second kappa shape index (κ2) is 5.50. The SMILES string of the molecule is COC1(CNc2nc(C)ccc2[N+](=O)[O-])CCOC1. The van der Waals surface area contributed by atoms with Gasteiger partial charge in [-0.2, -0.15) is 0 Å². The molecule has 19 heavy (non-hydrogen) atoms. The number of aryl methyl sites for hydroxylation is 1. The van der Waals surface area contributed by atoms with E-state index in [0.717, 1.165) is 12.1 Å². The molecular formula is C12H17N3O4. The molecule has 7 nitrogen and oxygen atoms in total. The molecule has 1 fully saturated rings. The van der Waals surface area contributed by atoms with Gasteiger partial charge in [0.05, 0.1) is 11.5 Å². The summed E-state index contributed by atoms with van der Waals surface area (Å²) in [6.45, 7) is 3.34. The minimum absolute atomic E-state index is 0.0317. The van der Waals surface area contributed by atoms with Crippen molar-refractivity contribution in [1.82, 2.24) is 4.98 Å². The average Bonchev–Trinajstić information content (AvgIpc) is 2.85. The number of rotatable bonds is 5. The Morgan fingerprint density at radius 1 is 1.63 bits per heavy atom. The third-order valence-corrected chi connectivity index (χ3v) is 3.29. The van der Waals surface area contributed by atoms with Crippen molar-refractivity contribution in [2.75, 3.05) is 32.2 Å². The first-order chi connectivity index (χ1) is 9.06. The molecule has 7 heteroatoms. The lowest BCUT2D eigenvalue weighted by Crippen LogP contribution is -2.39. The summed E-state index contributed by atoms with van der Waals surface area (Å²) in [6, 6.07) is 3.07. The Bertz CT molecular complexity index is 472. The maximum Gasteiger partial charge on any atom is 0.311 e. The van der Waals surface area contributed by atoms with E-state index < -0.39 is 10.5 Å². The number of nitro groups is 1. The van der Waals surface area contributed by atoms with Crippen LogP contribution in [0.15, 0.2) is 12.1 Å². The Hall–Kier alpha value is -1.73. The standard InChI is InChI=1S/C12H17N3O4/c1-9-3-4-10(15(16)17)11(14-9)13-7-12(18-2)5-6-19-8-12/h3-4H,5-8H2,1-2H3,(H,13,14). The van der Waals surface area contributed by atoms with Crippen LogP contribution in [0.25, 0.3) is 0 Å². The number of methoxy groups -OCH3 is 1. The third-order valence-electron chi connectivity index (χ3n) is 3.29. The van der Waals surface area contributed by atoms with Crippen LogP contribution in [-0.2, 0) is 9.47 Å². The first-order valence-corrected chi connectivity index (χ1v) is 6.05. The zero-order valence-corrected chi connectivity index (χ0v) is 11.0. The van der Waals surface area contributed by atoms with Gasteiger partial charge < -0.3 is 14.8 Å². The van der Waals surface area contributed by atoms with Gasteiger partial charge >= 0.3 is 5.69 Å². The zero-order valence-electron chi connectivity index (χ0n) is 11.0. The van der Waals surface area contributed by atoms with Gasteiger partial charge in [-0.15, -0.1) is 0 Å². The molecule has 0 saturated carbocycles. The summed E-state index contributed by atoms with van der Waals surface area (Å²) in [5.74, 6) is 0.272. The average molecular weight is 267 g/mol. The monoisotopic (exact) mass is 267 g/mol. The van der Waals surface area contributed by atoms with Crippen molar-refractivity contribution in [3.63, 3.8) is 0 Å². The highest BCUT2D eigenvalue weighted by molar-refractivity contribution is 5.56. The van der Waals surface area contributed by atoms with Gasteiger partial charge in [-0.1, -0.05) is 0 Å². The van der Waals surface area contributed by atoms with E-state index >= 15 is 0 Å². The number of hydrogen-bond acceptors (Lipinski definition) is 6. The van der Waals surface area contributed by atoms with Crippen molar-refractivity contribution in [2.24, 2.45) is 0 Å².